The molecule has 13 heavy (non-hydrogen) atoms. The number of rotatable bonds is 1. The number of aromatic amines is 1. The molecule has 0 bridgehead atoms. The van der Waals surface area contributed by atoms with Gasteiger partial charge in [0.05, 0.1) is 5.69 Å². The van der Waals surface area contributed by atoms with E-state index in [-0.39, 0.29) is 0 Å². The first-order chi connectivity index (χ1) is 6.09. The van der Waals surface area contributed by atoms with E-state index in [0.717, 1.165) is 11.5 Å². The number of fused-ring (bicyclic) bond motifs is 1. The van der Waals surface area contributed by atoms with Crippen LogP contribution in [-0.4, -0.2) is 19.8 Å². The van der Waals surface area contributed by atoms with Gasteiger partial charge in [-0.05, 0) is 6.92 Å². The zero-order valence-corrected chi connectivity index (χ0v) is 8.55. The van der Waals surface area contributed by atoms with E-state index in [1.807, 2.05) is 6.92 Å². The van der Waals surface area contributed by atoms with Gasteiger partial charge >= 0.3 is 0 Å². The van der Waals surface area contributed by atoms with Crippen molar-refractivity contribution in [3.05, 3.63) is 16.5 Å². The number of halogens is 1. The molecular formula is C8H11ClN4. The Balaban J connectivity index is 2.65. The smallest absolute Gasteiger partial charge is 0.194 e. The van der Waals surface area contributed by atoms with Crippen molar-refractivity contribution in [2.75, 3.05) is 0 Å². The molecule has 0 aliphatic rings. The van der Waals surface area contributed by atoms with E-state index in [9.17, 15) is 0 Å². The summed E-state index contributed by atoms with van der Waals surface area (Å²) in [6.07, 6.45) is 0. The third-order valence-electron chi connectivity index (χ3n) is 1.94. The van der Waals surface area contributed by atoms with Gasteiger partial charge in [0.25, 0.3) is 0 Å². The number of nitrogens with one attached hydrogen (secondary N) is 1. The Morgan fingerprint density at radius 1 is 1.46 bits per heavy atom. The Morgan fingerprint density at radius 2 is 2.15 bits per heavy atom. The first kappa shape index (κ1) is 8.56. The van der Waals surface area contributed by atoms with Gasteiger partial charge in [0.1, 0.15) is 5.02 Å². The topological polar surface area (TPSA) is 46.0 Å². The van der Waals surface area contributed by atoms with Gasteiger partial charge in [-0.15, -0.1) is 5.10 Å². The van der Waals surface area contributed by atoms with Crippen LogP contribution >= 0.6 is 11.6 Å². The Hall–Kier alpha value is -1.03. The van der Waals surface area contributed by atoms with Gasteiger partial charge in [-0.2, -0.15) is 4.63 Å². The molecule has 2 aromatic heterocycles. The van der Waals surface area contributed by atoms with Crippen LogP contribution in [0.2, 0.25) is 5.02 Å². The van der Waals surface area contributed by atoms with Crippen LogP contribution in [0.4, 0.5) is 0 Å². The molecule has 2 heterocycles. The number of nitrogens with zero attached hydrogens (tertiary/aromatic N) is 3. The van der Waals surface area contributed by atoms with Gasteiger partial charge in [-0.3, -0.25) is 5.10 Å². The maximum absolute atomic E-state index is 6.01. The first-order valence-corrected chi connectivity index (χ1v) is 4.58. The summed E-state index contributed by atoms with van der Waals surface area (Å²) in [7, 11) is 0. The van der Waals surface area contributed by atoms with E-state index in [1.54, 1.807) is 4.63 Å². The van der Waals surface area contributed by atoms with Gasteiger partial charge in [-0.1, -0.05) is 25.4 Å². The van der Waals surface area contributed by atoms with Gasteiger partial charge in [0.2, 0.25) is 0 Å². The Morgan fingerprint density at radius 3 is 2.69 bits per heavy atom. The zero-order chi connectivity index (χ0) is 9.59. The summed E-state index contributed by atoms with van der Waals surface area (Å²) in [6.45, 7) is 6.00. The fraction of sp³-hybridized carbons (Fsp3) is 0.500. The molecule has 0 radical (unpaired) electrons. The summed E-state index contributed by atoms with van der Waals surface area (Å²) in [4.78, 5) is 4.32. The molecule has 0 aromatic carbocycles. The summed E-state index contributed by atoms with van der Waals surface area (Å²) < 4.78 is 1.62. The lowest BCUT2D eigenvalue weighted by Crippen LogP contribution is -1.93. The molecule has 1 N–H and O–H groups in total. The van der Waals surface area contributed by atoms with Crippen LogP contribution < -0.4 is 0 Å². The van der Waals surface area contributed by atoms with Crippen LogP contribution in [0.5, 0.6) is 0 Å². The van der Waals surface area contributed by atoms with Crippen molar-refractivity contribution in [1.82, 2.24) is 19.8 Å². The first-order valence-electron chi connectivity index (χ1n) is 4.20. The number of aromatic nitrogens is 4. The van der Waals surface area contributed by atoms with E-state index in [4.69, 9.17) is 11.6 Å². The second-order valence-electron chi connectivity index (χ2n) is 3.41. The maximum Gasteiger partial charge on any atom is 0.194 e. The normalized spacial score (nSPS) is 11.8. The SMILES string of the molecule is Cc1[nH]n2nc(C(C)C)nc2c1Cl. The Kier molecular flexibility index (Phi) is 1.80. The third kappa shape index (κ3) is 1.21. The molecule has 70 valence electrons. The van der Waals surface area contributed by atoms with Gasteiger partial charge in [0.15, 0.2) is 11.5 Å². The molecule has 0 saturated heterocycles. The quantitative estimate of drug-likeness (QED) is 0.763. The monoisotopic (exact) mass is 198 g/mol. The maximum atomic E-state index is 6.01. The largest absolute Gasteiger partial charge is 0.279 e. The van der Waals surface area contributed by atoms with Gasteiger partial charge in [-0.25, -0.2) is 4.98 Å². The summed E-state index contributed by atoms with van der Waals surface area (Å²) in [5.74, 6) is 1.14. The van der Waals surface area contributed by atoms with E-state index < -0.39 is 0 Å². The van der Waals surface area contributed by atoms with Crippen LogP contribution in [0.3, 0.4) is 0 Å². The zero-order valence-electron chi connectivity index (χ0n) is 7.80. The molecule has 4 nitrogen and oxygen atoms in total. The van der Waals surface area contributed by atoms with E-state index in [0.29, 0.717) is 16.6 Å². The van der Waals surface area contributed by atoms with Crippen LogP contribution in [0.1, 0.15) is 31.3 Å². The molecule has 2 aromatic rings. The molecule has 0 saturated carbocycles. The minimum Gasteiger partial charge on any atom is -0.279 e. The molecule has 0 atom stereocenters. The predicted molar refractivity (Wildman–Crippen MR) is 51.2 cm³/mol. The van der Waals surface area contributed by atoms with Crippen molar-refractivity contribution in [3.63, 3.8) is 0 Å². The predicted octanol–water partition coefficient (Wildman–Crippen LogP) is 2.14. The summed E-state index contributed by atoms with van der Waals surface area (Å²) in [5.41, 5.74) is 1.61. The van der Waals surface area contributed by atoms with Crippen molar-refractivity contribution in [1.29, 1.82) is 0 Å². The Labute approximate surface area is 80.9 Å². The second kappa shape index (κ2) is 2.73. The highest BCUT2D eigenvalue weighted by Crippen LogP contribution is 2.20. The number of hydrogen-bond donors (Lipinski definition) is 1. The van der Waals surface area contributed by atoms with Crippen molar-refractivity contribution in [2.45, 2.75) is 26.7 Å². The van der Waals surface area contributed by atoms with Crippen molar-refractivity contribution < 1.29 is 0 Å². The molecule has 0 fully saturated rings. The van der Waals surface area contributed by atoms with Gasteiger partial charge in [0, 0.05) is 5.92 Å². The van der Waals surface area contributed by atoms with Crippen molar-refractivity contribution >= 4 is 17.2 Å². The van der Waals surface area contributed by atoms with E-state index >= 15 is 0 Å². The van der Waals surface area contributed by atoms with Crippen LogP contribution in [0.25, 0.3) is 5.65 Å². The average molecular weight is 199 g/mol. The fourth-order valence-electron chi connectivity index (χ4n) is 1.17. The lowest BCUT2D eigenvalue weighted by Gasteiger charge is -1.93. The van der Waals surface area contributed by atoms with Crippen LogP contribution in [-0.2, 0) is 0 Å². The third-order valence-corrected chi connectivity index (χ3v) is 2.39. The number of hydrogen-bond acceptors (Lipinski definition) is 2. The minimum absolute atomic E-state index is 0.324. The molecule has 0 spiro atoms. The lowest BCUT2D eigenvalue weighted by molar-refractivity contribution is 0.725. The van der Waals surface area contributed by atoms with Crippen molar-refractivity contribution in [2.24, 2.45) is 0 Å². The second-order valence-corrected chi connectivity index (χ2v) is 3.79. The minimum atomic E-state index is 0.324. The molecule has 5 heteroatoms. The van der Waals surface area contributed by atoms with E-state index in [2.05, 4.69) is 29.0 Å². The van der Waals surface area contributed by atoms with Gasteiger partial charge < -0.3 is 0 Å². The highest BCUT2D eigenvalue weighted by Gasteiger charge is 2.13. The molecular weight excluding hydrogens is 188 g/mol. The average Bonchev–Trinajstić information content (AvgIpc) is 2.55. The van der Waals surface area contributed by atoms with E-state index in [1.165, 1.54) is 0 Å². The number of H-pyrrole nitrogens is 1. The molecule has 2 rings (SSSR count). The van der Waals surface area contributed by atoms with Crippen molar-refractivity contribution in [3.8, 4) is 0 Å². The fourth-order valence-corrected chi connectivity index (χ4v) is 1.33. The summed E-state index contributed by atoms with van der Waals surface area (Å²) in [6, 6.07) is 0. The van der Waals surface area contributed by atoms with Crippen LogP contribution in [0.15, 0.2) is 0 Å². The van der Waals surface area contributed by atoms with Crippen LogP contribution in [0, 0.1) is 6.92 Å². The highest BCUT2D eigenvalue weighted by atomic mass is 35.5. The standard InChI is InChI=1S/C8H11ClN4/c1-4(2)7-10-8-6(9)5(3)11-13(8)12-7/h4,11H,1-3H3. The summed E-state index contributed by atoms with van der Waals surface area (Å²) in [5, 5.41) is 7.92. The molecule has 0 unspecified atom stereocenters. The lowest BCUT2D eigenvalue weighted by atomic mass is 10.2. The molecule has 0 aliphatic heterocycles. The summed E-state index contributed by atoms with van der Waals surface area (Å²) >= 11 is 6.01. The highest BCUT2D eigenvalue weighted by molar-refractivity contribution is 6.34. The Bertz CT molecular complexity index is 440. The molecule has 0 amide bonds. The molecule has 0 aliphatic carbocycles. The number of aryl methyl sites for hydroxylation is 1.